The van der Waals surface area contributed by atoms with Crippen LogP contribution in [0.2, 0.25) is 0 Å². The van der Waals surface area contributed by atoms with Crippen LogP contribution < -0.4 is 5.32 Å². The van der Waals surface area contributed by atoms with E-state index in [1.165, 1.54) is 32.1 Å². The molecule has 0 bridgehead atoms. The summed E-state index contributed by atoms with van der Waals surface area (Å²) in [4.78, 5) is 0. The Bertz CT molecular complexity index is 222. The van der Waals surface area contributed by atoms with E-state index in [9.17, 15) is 0 Å². The van der Waals surface area contributed by atoms with E-state index >= 15 is 0 Å². The van der Waals surface area contributed by atoms with Crippen molar-refractivity contribution in [1.82, 2.24) is 5.32 Å². The second kappa shape index (κ2) is 7.81. The maximum absolute atomic E-state index is 3.23. The van der Waals surface area contributed by atoms with Crippen LogP contribution in [0.4, 0.5) is 0 Å². The second-order valence-electron chi connectivity index (χ2n) is 5.52. The maximum atomic E-state index is 3.23. The molecule has 0 aromatic heterocycles. The molecule has 0 spiro atoms. The van der Waals surface area contributed by atoms with Gasteiger partial charge in [-0.2, -0.15) is 0 Å². The average molecular weight is 236 g/mol. The zero-order chi connectivity index (χ0) is 12.7. The molecule has 0 aliphatic heterocycles. The lowest BCUT2D eigenvalue weighted by Gasteiger charge is -2.36. The lowest BCUT2D eigenvalue weighted by atomic mass is 9.66. The van der Waals surface area contributed by atoms with E-state index in [1.54, 1.807) is 5.92 Å². The smallest absolute Gasteiger partial charge is 0.0925 e. The van der Waals surface area contributed by atoms with Gasteiger partial charge in [0.1, 0.15) is 0 Å². The molecule has 1 N–H and O–H groups in total. The molecule has 3 unspecified atom stereocenters. The Labute approximate surface area is 108 Å². The van der Waals surface area contributed by atoms with E-state index in [4.69, 9.17) is 0 Å². The number of allylic oxidation sites excluding steroid dienone is 2. The Morgan fingerprint density at radius 1 is 1.35 bits per heavy atom. The first-order valence-corrected chi connectivity index (χ1v) is 7.40. The van der Waals surface area contributed by atoms with Gasteiger partial charge in [0.2, 0.25) is 0 Å². The van der Waals surface area contributed by atoms with Gasteiger partial charge in [-0.05, 0) is 38.6 Å². The predicted octanol–water partition coefficient (Wildman–Crippen LogP) is 4.21. The Morgan fingerprint density at radius 3 is 2.59 bits per heavy atom. The quantitative estimate of drug-likeness (QED) is 0.623. The predicted molar refractivity (Wildman–Crippen MR) is 76.9 cm³/mol. The minimum Gasteiger partial charge on any atom is -0.318 e. The Kier molecular flexibility index (Phi) is 6.72. The third kappa shape index (κ3) is 4.39. The fourth-order valence-electron chi connectivity index (χ4n) is 2.72. The van der Waals surface area contributed by atoms with Crippen molar-refractivity contribution in [1.29, 1.82) is 0 Å². The van der Waals surface area contributed by atoms with Crippen LogP contribution in [-0.4, -0.2) is 13.6 Å². The molecular formula is C16H30N+. The molecule has 0 aromatic rings. The molecule has 1 heteroatoms. The van der Waals surface area contributed by atoms with E-state index in [1.807, 2.05) is 7.05 Å². The fourth-order valence-corrected chi connectivity index (χ4v) is 2.72. The zero-order valence-corrected chi connectivity index (χ0v) is 12.1. The first-order chi connectivity index (χ1) is 8.22. The van der Waals surface area contributed by atoms with E-state index in [-0.39, 0.29) is 0 Å². The Morgan fingerprint density at radius 2 is 2.12 bits per heavy atom. The van der Waals surface area contributed by atoms with Crippen molar-refractivity contribution in [3.8, 4) is 0 Å². The summed E-state index contributed by atoms with van der Waals surface area (Å²) >= 11 is 0. The van der Waals surface area contributed by atoms with Crippen LogP contribution >= 0.6 is 0 Å². The third-order valence-corrected chi connectivity index (χ3v) is 4.49. The number of nitrogens with one attached hydrogen (secondary N) is 1. The van der Waals surface area contributed by atoms with Crippen molar-refractivity contribution in [2.75, 3.05) is 13.6 Å². The summed E-state index contributed by atoms with van der Waals surface area (Å²) in [5, 5.41) is 3.23. The molecule has 0 radical (unpaired) electrons. The Balaban J connectivity index is 2.36. The van der Waals surface area contributed by atoms with Gasteiger partial charge in [-0.3, -0.25) is 0 Å². The van der Waals surface area contributed by atoms with Crippen molar-refractivity contribution in [3.05, 3.63) is 18.1 Å². The minimum absolute atomic E-state index is 0.862. The highest BCUT2D eigenvalue weighted by molar-refractivity contribution is 5.12. The van der Waals surface area contributed by atoms with Gasteiger partial charge in [0.05, 0.1) is 12.0 Å². The molecule has 1 nitrogen and oxygen atoms in total. The summed E-state index contributed by atoms with van der Waals surface area (Å²) in [6.07, 6.45) is 11.5. The van der Waals surface area contributed by atoms with Crippen molar-refractivity contribution in [3.63, 3.8) is 0 Å². The fraction of sp³-hybridized carbons (Fsp3) is 0.812. The van der Waals surface area contributed by atoms with Gasteiger partial charge in [0, 0.05) is 31.4 Å². The summed E-state index contributed by atoms with van der Waals surface area (Å²) in [6, 6.07) is 0. The first kappa shape index (κ1) is 14.6. The highest BCUT2D eigenvalue weighted by Gasteiger charge is 2.35. The van der Waals surface area contributed by atoms with E-state index in [2.05, 4.69) is 38.2 Å². The van der Waals surface area contributed by atoms with Gasteiger partial charge in [-0.15, -0.1) is 0 Å². The highest BCUT2D eigenvalue weighted by Crippen LogP contribution is 2.41. The zero-order valence-electron chi connectivity index (χ0n) is 12.1. The molecule has 1 fully saturated rings. The van der Waals surface area contributed by atoms with Gasteiger partial charge < -0.3 is 5.32 Å². The van der Waals surface area contributed by atoms with Gasteiger partial charge in [0.25, 0.3) is 0 Å². The second-order valence-corrected chi connectivity index (χ2v) is 5.52. The first-order valence-electron chi connectivity index (χ1n) is 7.40. The molecule has 0 amide bonds. The third-order valence-electron chi connectivity index (χ3n) is 4.49. The molecule has 0 heterocycles. The highest BCUT2D eigenvalue weighted by atomic mass is 14.8. The molecule has 3 atom stereocenters. The lowest BCUT2D eigenvalue weighted by molar-refractivity contribution is 0.149. The van der Waals surface area contributed by atoms with Gasteiger partial charge >= 0.3 is 0 Å². The summed E-state index contributed by atoms with van der Waals surface area (Å²) in [6.45, 7) is 8.10. The van der Waals surface area contributed by atoms with Crippen LogP contribution in [0.25, 0.3) is 0 Å². The number of rotatable bonds is 8. The van der Waals surface area contributed by atoms with Crippen LogP contribution in [-0.2, 0) is 0 Å². The normalized spacial score (nSPS) is 25.9. The van der Waals surface area contributed by atoms with Crippen molar-refractivity contribution < 1.29 is 0 Å². The molecule has 0 aromatic carbocycles. The van der Waals surface area contributed by atoms with Crippen molar-refractivity contribution in [2.24, 2.45) is 17.8 Å². The SMILES string of the molecule is CC[C+](/C=C/C1CCC1C(C)CC)CCNC. The van der Waals surface area contributed by atoms with Crippen LogP contribution in [0.5, 0.6) is 0 Å². The van der Waals surface area contributed by atoms with E-state index in [0.29, 0.717) is 0 Å². The molecule has 1 aliphatic carbocycles. The molecule has 98 valence electrons. The number of hydrogen-bond acceptors (Lipinski definition) is 1. The lowest BCUT2D eigenvalue weighted by Crippen LogP contribution is -2.29. The van der Waals surface area contributed by atoms with Crippen LogP contribution in [0.1, 0.15) is 52.9 Å². The minimum atomic E-state index is 0.862. The molecule has 1 rings (SSSR count). The molecule has 1 aliphatic rings. The van der Waals surface area contributed by atoms with Gasteiger partial charge in [-0.1, -0.05) is 20.3 Å². The van der Waals surface area contributed by atoms with Crippen LogP contribution in [0.3, 0.4) is 0 Å². The summed E-state index contributed by atoms with van der Waals surface area (Å²) in [7, 11) is 2.03. The largest absolute Gasteiger partial charge is 0.318 e. The Hall–Kier alpha value is -0.430. The molecule has 0 saturated heterocycles. The van der Waals surface area contributed by atoms with Gasteiger partial charge in [0.15, 0.2) is 0 Å². The monoisotopic (exact) mass is 236 g/mol. The van der Waals surface area contributed by atoms with Crippen LogP contribution in [0.15, 0.2) is 12.2 Å². The molecular weight excluding hydrogens is 206 g/mol. The average Bonchev–Trinajstić information content (AvgIpc) is 2.31. The van der Waals surface area contributed by atoms with Crippen molar-refractivity contribution >= 4 is 0 Å². The molecule has 17 heavy (non-hydrogen) atoms. The summed E-state index contributed by atoms with van der Waals surface area (Å²) in [5.41, 5.74) is 0. The van der Waals surface area contributed by atoms with E-state index in [0.717, 1.165) is 24.3 Å². The van der Waals surface area contributed by atoms with Gasteiger partial charge in [-0.25, -0.2) is 0 Å². The topological polar surface area (TPSA) is 12.0 Å². The van der Waals surface area contributed by atoms with E-state index < -0.39 is 0 Å². The standard InChI is InChI=1S/C16H30N/c1-5-13(3)16-10-9-15(16)8-7-14(6-2)11-12-17-4/h7-8,13,15-17H,5-6,9-12H2,1-4H3/q+1/b8-7+. The number of hydrogen-bond donors (Lipinski definition) is 1. The summed E-state index contributed by atoms with van der Waals surface area (Å²) in [5.74, 6) is 4.31. The van der Waals surface area contributed by atoms with Crippen molar-refractivity contribution in [2.45, 2.75) is 52.9 Å². The maximum Gasteiger partial charge on any atom is 0.0925 e. The molecule has 1 saturated carbocycles. The summed E-state index contributed by atoms with van der Waals surface area (Å²) < 4.78 is 0. The van der Waals surface area contributed by atoms with Crippen LogP contribution in [0, 0.1) is 23.7 Å².